The third-order valence-electron chi connectivity index (χ3n) is 5.94. The molecule has 3 rings (SSSR count). The molecule has 3 aliphatic rings. The van der Waals surface area contributed by atoms with Gasteiger partial charge in [-0.3, -0.25) is 0 Å². The van der Waals surface area contributed by atoms with Crippen LogP contribution in [0.25, 0.3) is 0 Å². The molecule has 5 atom stereocenters. The average molecular weight is 252 g/mol. The molecule has 2 aliphatic carbocycles. The smallest absolute Gasteiger partial charge is 0.162 e. The second kappa shape index (κ2) is 3.81. The van der Waals surface area contributed by atoms with Crippen LogP contribution in [0.1, 0.15) is 40.0 Å². The predicted octanol–water partition coefficient (Wildman–Crippen LogP) is 2.08. The zero-order valence-corrected chi connectivity index (χ0v) is 11.5. The predicted molar refractivity (Wildman–Crippen MR) is 68.8 cm³/mol. The molecular formula is C15H24O3. The van der Waals surface area contributed by atoms with Crippen molar-refractivity contribution in [2.24, 2.45) is 22.7 Å². The molecule has 1 aliphatic heterocycles. The molecule has 2 N–H and O–H groups in total. The first-order valence-electron chi connectivity index (χ1n) is 7.04. The van der Waals surface area contributed by atoms with E-state index in [4.69, 9.17) is 4.74 Å². The summed E-state index contributed by atoms with van der Waals surface area (Å²) in [5.74, 6) is 0.543. The molecule has 0 aromatic carbocycles. The van der Waals surface area contributed by atoms with Crippen LogP contribution in [0.15, 0.2) is 11.6 Å². The van der Waals surface area contributed by atoms with Crippen molar-refractivity contribution in [1.29, 1.82) is 0 Å². The van der Waals surface area contributed by atoms with Crippen LogP contribution in [-0.4, -0.2) is 29.2 Å². The Bertz CT molecular complexity index is 387. The van der Waals surface area contributed by atoms with Crippen LogP contribution in [0, 0.1) is 22.7 Å². The lowest BCUT2D eigenvalue weighted by Crippen LogP contribution is -2.55. The molecule has 1 saturated heterocycles. The van der Waals surface area contributed by atoms with Gasteiger partial charge in [0.05, 0.1) is 12.7 Å². The van der Waals surface area contributed by atoms with Crippen LogP contribution >= 0.6 is 0 Å². The van der Waals surface area contributed by atoms with Gasteiger partial charge in [-0.1, -0.05) is 26.8 Å². The van der Waals surface area contributed by atoms with Crippen LogP contribution in [0.4, 0.5) is 0 Å². The lowest BCUT2D eigenvalue weighted by atomic mass is 9.48. The molecule has 1 saturated carbocycles. The van der Waals surface area contributed by atoms with Crippen molar-refractivity contribution >= 4 is 0 Å². The van der Waals surface area contributed by atoms with Gasteiger partial charge in [0.2, 0.25) is 0 Å². The topological polar surface area (TPSA) is 49.7 Å². The molecule has 3 nitrogen and oxygen atoms in total. The van der Waals surface area contributed by atoms with Gasteiger partial charge in [-0.25, -0.2) is 0 Å². The highest BCUT2D eigenvalue weighted by atomic mass is 16.6. The summed E-state index contributed by atoms with van der Waals surface area (Å²) >= 11 is 0. The van der Waals surface area contributed by atoms with Gasteiger partial charge in [-0.2, -0.15) is 0 Å². The fourth-order valence-corrected chi connectivity index (χ4v) is 4.78. The number of aliphatic hydroxyl groups excluding tert-OH is 2. The van der Waals surface area contributed by atoms with Crippen molar-refractivity contribution in [2.45, 2.75) is 52.4 Å². The third kappa shape index (κ3) is 1.47. The average Bonchev–Trinajstić information content (AvgIpc) is 2.68. The first-order chi connectivity index (χ1) is 8.37. The van der Waals surface area contributed by atoms with E-state index in [1.165, 1.54) is 5.57 Å². The number of ether oxygens (including phenoxy) is 1. The van der Waals surface area contributed by atoms with Crippen LogP contribution < -0.4 is 0 Å². The van der Waals surface area contributed by atoms with Gasteiger partial charge >= 0.3 is 0 Å². The Kier molecular flexibility index (Phi) is 2.68. The quantitative estimate of drug-likeness (QED) is 0.649. The molecule has 0 radical (unpaired) electrons. The van der Waals surface area contributed by atoms with E-state index < -0.39 is 6.29 Å². The Hall–Kier alpha value is -0.380. The van der Waals surface area contributed by atoms with Gasteiger partial charge in [-0.05, 0) is 41.6 Å². The van der Waals surface area contributed by atoms with E-state index in [9.17, 15) is 10.2 Å². The van der Waals surface area contributed by atoms with E-state index in [2.05, 4.69) is 26.8 Å². The largest absolute Gasteiger partial charge is 0.393 e. The Balaban J connectivity index is 2.03. The maximum Gasteiger partial charge on any atom is 0.162 e. The zero-order valence-electron chi connectivity index (χ0n) is 11.5. The summed E-state index contributed by atoms with van der Waals surface area (Å²) in [6.45, 7) is 7.19. The van der Waals surface area contributed by atoms with E-state index in [1.807, 2.05) is 0 Å². The zero-order chi connectivity index (χ0) is 13.1. The molecule has 3 heteroatoms. The normalized spacial score (nSPS) is 50.4. The van der Waals surface area contributed by atoms with Gasteiger partial charge in [0, 0.05) is 5.92 Å². The van der Waals surface area contributed by atoms with Crippen molar-refractivity contribution in [3.05, 3.63) is 11.6 Å². The monoisotopic (exact) mass is 252 g/mol. The molecule has 1 heterocycles. The first kappa shape index (κ1) is 12.6. The summed E-state index contributed by atoms with van der Waals surface area (Å²) in [7, 11) is 0. The van der Waals surface area contributed by atoms with Crippen molar-refractivity contribution in [3.8, 4) is 0 Å². The Morgan fingerprint density at radius 3 is 2.72 bits per heavy atom. The fraction of sp³-hybridized carbons (Fsp3) is 0.867. The minimum absolute atomic E-state index is 0.0583. The van der Waals surface area contributed by atoms with Gasteiger partial charge in [-0.15, -0.1) is 0 Å². The van der Waals surface area contributed by atoms with Crippen LogP contribution in [-0.2, 0) is 4.74 Å². The molecule has 0 aromatic rings. The molecule has 5 unspecified atom stereocenters. The Morgan fingerprint density at radius 1 is 1.28 bits per heavy atom. The first-order valence-corrected chi connectivity index (χ1v) is 7.04. The maximum atomic E-state index is 10.3. The number of aliphatic hydroxyl groups is 2. The molecular weight excluding hydrogens is 228 g/mol. The van der Waals surface area contributed by atoms with Crippen LogP contribution in [0.3, 0.4) is 0 Å². The van der Waals surface area contributed by atoms with Crippen molar-refractivity contribution in [3.63, 3.8) is 0 Å². The lowest BCUT2D eigenvalue weighted by molar-refractivity contribution is -0.163. The van der Waals surface area contributed by atoms with E-state index in [0.717, 1.165) is 19.3 Å². The summed E-state index contributed by atoms with van der Waals surface area (Å²) in [6.07, 6.45) is 4.16. The van der Waals surface area contributed by atoms with Gasteiger partial charge in [0.1, 0.15) is 0 Å². The maximum absolute atomic E-state index is 10.3. The number of hydrogen-bond acceptors (Lipinski definition) is 3. The highest BCUT2D eigenvalue weighted by Gasteiger charge is 2.58. The minimum atomic E-state index is -0.657. The second-order valence-corrected chi connectivity index (χ2v) is 7.13. The van der Waals surface area contributed by atoms with E-state index in [1.54, 1.807) is 0 Å². The van der Waals surface area contributed by atoms with Crippen LogP contribution in [0.5, 0.6) is 0 Å². The molecule has 2 fully saturated rings. The number of rotatable bonds is 0. The van der Waals surface area contributed by atoms with E-state index in [0.29, 0.717) is 12.5 Å². The lowest BCUT2D eigenvalue weighted by Gasteiger charge is -2.57. The molecule has 0 bridgehead atoms. The molecule has 18 heavy (non-hydrogen) atoms. The molecule has 0 spiro atoms. The summed E-state index contributed by atoms with van der Waals surface area (Å²) in [5, 5.41) is 20.4. The highest BCUT2D eigenvalue weighted by Crippen LogP contribution is 2.61. The minimum Gasteiger partial charge on any atom is -0.393 e. The SMILES string of the molecule is CC1(C)C(O)CCC2(C)C3C(=CCC12)COC3O. The Labute approximate surface area is 109 Å². The number of fused-ring (bicyclic) bond motifs is 3. The third-order valence-corrected chi connectivity index (χ3v) is 5.94. The van der Waals surface area contributed by atoms with Crippen molar-refractivity contribution in [1.82, 2.24) is 0 Å². The number of allylic oxidation sites excluding steroid dienone is 1. The van der Waals surface area contributed by atoms with Crippen molar-refractivity contribution in [2.75, 3.05) is 6.61 Å². The van der Waals surface area contributed by atoms with E-state index in [-0.39, 0.29) is 22.9 Å². The van der Waals surface area contributed by atoms with Gasteiger partial charge < -0.3 is 14.9 Å². The summed E-state index contributed by atoms with van der Waals surface area (Å²) in [5.41, 5.74) is 1.24. The highest BCUT2D eigenvalue weighted by molar-refractivity contribution is 5.24. The van der Waals surface area contributed by atoms with Gasteiger partial charge in [0.25, 0.3) is 0 Å². The Morgan fingerprint density at radius 2 is 2.00 bits per heavy atom. The summed E-state index contributed by atoms with van der Waals surface area (Å²) < 4.78 is 5.43. The van der Waals surface area contributed by atoms with Gasteiger partial charge in [0.15, 0.2) is 6.29 Å². The van der Waals surface area contributed by atoms with Crippen molar-refractivity contribution < 1.29 is 14.9 Å². The van der Waals surface area contributed by atoms with Crippen LogP contribution in [0.2, 0.25) is 0 Å². The second-order valence-electron chi connectivity index (χ2n) is 7.13. The van der Waals surface area contributed by atoms with E-state index >= 15 is 0 Å². The molecule has 0 amide bonds. The summed E-state index contributed by atoms with van der Waals surface area (Å²) in [6, 6.07) is 0. The standard InChI is InChI=1S/C15H24O3/c1-14(2)10-5-4-9-8-18-13(17)12(9)15(10,3)7-6-11(14)16/h4,10-13,16-17H,5-8H2,1-3H3. The number of hydrogen-bond donors (Lipinski definition) is 2. The fourth-order valence-electron chi connectivity index (χ4n) is 4.78. The summed E-state index contributed by atoms with van der Waals surface area (Å²) in [4.78, 5) is 0. The molecule has 0 aromatic heterocycles. The molecule has 102 valence electrons.